The molecule has 1 aliphatic rings. The Morgan fingerprint density at radius 3 is 2.96 bits per heavy atom. The number of hydrogen-bond donors (Lipinski definition) is 1. The van der Waals surface area contributed by atoms with Crippen molar-refractivity contribution in [2.24, 2.45) is 0 Å². The predicted molar refractivity (Wildman–Crippen MR) is 87.2 cm³/mol. The molecule has 0 saturated carbocycles. The highest BCUT2D eigenvalue weighted by Crippen LogP contribution is 2.41. The Kier molecular flexibility index (Phi) is 3.49. The zero-order valence-electron chi connectivity index (χ0n) is 13.3. The van der Waals surface area contributed by atoms with E-state index in [1.807, 2.05) is 36.0 Å². The van der Waals surface area contributed by atoms with Crippen LogP contribution < -0.4 is 14.8 Å². The van der Waals surface area contributed by atoms with Crippen LogP contribution in [0.5, 0.6) is 11.6 Å². The lowest BCUT2D eigenvalue weighted by Crippen LogP contribution is -2.19. The molecule has 1 atom stereocenters. The first-order valence-electron chi connectivity index (χ1n) is 7.52. The maximum Gasteiger partial charge on any atom is 0.257 e. The highest BCUT2D eigenvalue weighted by atomic mass is 16.5. The van der Waals surface area contributed by atoms with Crippen LogP contribution in [-0.4, -0.2) is 45.5 Å². The molecule has 3 aromatic rings. The van der Waals surface area contributed by atoms with Gasteiger partial charge >= 0.3 is 0 Å². The number of methoxy groups -OCH3 is 1. The molecule has 0 saturated heterocycles. The monoisotopic (exact) mass is 324 g/mol. The number of aromatic nitrogens is 5. The fourth-order valence-corrected chi connectivity index (χ4v) is 2.89. The van der Waals surface area contributed by atoms with E-state index in [-0.39, 0.29) is 6.04 Å². The summed E-state index contributed by atoms with van der Waals surface area (Å²) in [5, 5.41) is 11.7. The Morgan fingerprint density at radius 2 is 2.21 bits per heavy atom. The van der Waals surface area contributed by atoms with Crippen molar-refractivity contribution in [2.45, 2.75) is 6.04 Å². The van der Waals surface area contributed by atoms with E-state index < -0.39 is 0 Å². The smallest absolute Gasteiger partial charge is 0.257 e. The molecule has 0 fully saturated rings. The number of pyridine rings is 2. The molecule has 24 heavy (non-hydrogen) atoms. The molecule has 0 radical (unpaired) electrons. The van der Waals surface area contributed by atoms with Gasteiger partial charge in [0.1, 0.15) is 6.61 Å². The molecule has 0 bridgehead atoms. The lowest BCUT2D eigenvalue weighted by Gasteiger charge is -2.19. The first-order chi connectivity index (χ1) is 11.8. The maximum absolute atomic E-state index is 6.05. The Labute approximate surface area is 138 Å². The molecular formula is C16H16N6O2. The number of rotatable bonds is 3. The van der Waals surface area contributed by atoms with Gasteiger partial charge in [-0.05, 0) is 17.7 Å². The van der Waals surface area contributed by atoms with Crippen LogP contribution >= 0.6 is 0 Å². The predicted octanol–water partition coefficient (Wildman–Crippen LogP) is 1.77. The van der Waals surface area contributed by atoms with Crippen molar-refractivity contribution in [1.29, 1.82) is 0 Å². The maximum atomic E-state index is 6.05. The molecule has 0 amide bonds. The van der Waals surface area contributed by atoms with Gasteiger partial charge in [0, 0.05) is 25.6 Å². The third-order valence-electron chi connectivity index (χ3n) is 3.99. The SMILES string of the molecule is CNc1nnc2n1C(c1cccnc1)COc1c-2ccnc1OC. The van der Waals surface area contributed by atoms with Crippen LogP contribution in [0.4, 0.5) is 5.95 Å². The van der Waals surface area contributed by atoms with Crippen molar-refractivity contribution < 1.29 is 9.47 Å². The normalized spacial score (nSPS) is 15.7. The van der Waals surface area contributed by atoms with Crippen molar-refractivity contribution in [3.8, 4) is 23.0 Å². The van der Waals surface area contributed by atoms with Gasteiger partial charge in [0.05, 0.1) is 18.7 Å². The Balaban J connectivity index is 1.94. The standard InChI is InChI=1S/C16H16N6O2/c1-17-16-21-20-14-11-5-7-19-15(23-2)13(11)24-9-12(22(14)16)10-4-3-6-18-8-10/h3-8,12H,9H2,1-2H3,(H,17,21). The topological polar surface area (TPSA) is 87.0 Å². The summed E-state index contributed by atoms with van der Waals surface area (Å²) in [6.07, 6.45) is 5.24. The second kappa shape index (κ2) is 5.80. The van der Waals surface area contributed by atoms with Crippen LogP contribution in [0.3, 0.4) is 0 Å². The minimum absolute atomic E-state index is 0.122. The van der Waals surface area contributed by atoms with Crippen LogP contribution in [-0.2, 0) is 0 Å². The van der Waals surface area contributed by atoms with Gasteiger partial charge in [0.15, 0.2) is 11.6 Å². The first kappa shape index (κ1) is 14.4. The highest BCUT2D eigenvalue weighted by Gasteiger charge is 2.30. The molecular weight excluding hydrogens is 308 g/mol. The van der Waals surface area contributed by atoms with Gasteiger partial charge < -0.3 is 14.8 Å². The largest absolute Gasteiger partial charge is 0.485 e. The highest BCUT2D eigenvalue weighted by molar-refractivity contribution is 5.69. The summed E-state index contributed by atoms with van der Waals surface area (Å²) in [5.74, 6) is 2.36. The summed E-state index contributed by atoms with van der Waals surface area (Å²) in [5.41, 5.74) is 1.80. The second-order valence-corrected chi connectivity index (χ2v) is 5.28. The van der Waals surface area contributed by atoms with Gasteiger partial charge in [-0.1, -0.05) is 6.07 Å². The molecule has 3 aromatic heterocycles. The van der Waals surface area contributed by atoms with Crippen LogP contribution in [0.2, 0.25) is 0 Å². The van der Waals surface area contributed by atoms with E-state index in [4.69, 9.17) is 9.47 Å². The third-order valence-corrected chi connectivity index (χ3v) is 3.99. The summed E-state index contributed by atoms with van der Waals surface area (Å²) in [4.78, 5) is 8.44. The van der Waals surface area contributed by atoms with Gasteiger partial charge in [-0.15, -0.1) is 10.2 Å². The zero-order chi connectivity index (χ0) is 16.5. The summed E-state index contributed by atoms with van der Waals surface area (Å²) in [6, 6.07) is 5.64. The Hall–Kier alpha value is -3.16. The summed E-state index contributed by atoms with van der Waals surface area (Å²) in [7, 11) is 3.39. The fraction of sp³-hybridized carbons (Fsp3) is 0.250. The molecule has 8 heteroatoms. The molecule has 122 valence electrons. The van der Waals surface area contributed by atoms with E-state index in [0.29, 0.717) is 30.0 Å². The molecule has 4 heterocycles. The van der Waals surface area contributed by atoms with Gasteiger partial charge in [0.2, 0.25) is 5.95 Å². The Morgan fingerprint density at radius 1 is 1.29 bits per heavy atom. The van der Waals surface area contributed by atoms with Gasteiger partial charge in [-0.25, -0.2) is 4.98 Å². The number of fused-ring (bicyclic) bond motifs is 3. The number of anilines is 1. The lowest BCUT2D eigenvalue weighted by atomic mass is 10.1. The van der Waals surface area contributed by atoms with Crippen molar-refractivity contribution in [2.75, 3.05) is 26.1 Å². The lowest BCUT2D eigenvalue weighted by molar-refractivity contribution is 0.262. The minimum Gasteiger partial charge on any atom is -0.485 e. The molecule has 1 unspecified atom stereocenters. The molecule has 0 aliphatic carbocycles. The van der Waals surface area contributed by atoms with E-state index in [1.165, 1.54) is 0 Å². The number of ether oxygens (including phenoxy) is 2. The number of nitrogens with zero attached hydrogens (tertiary/aromatic N) is 5. The first-order valence-corrected chi connectivity index (χ1v) is 7.52. The molecule has 0 spiro atoms. The molecule has 8 nitrogen and oxygen atoms in total. The van der Waals surface area contributed by atoms with Crippen LogP contribution in [0, 0.1) is 0 Å². The molecule has 0 aromatic carbocycles. The quantitative estimate of drug-likeness (QED) is 0.785. The van der Waals surface area contributed by atoms with Gasteiger partial charge in [-0.3, -0.25) is 9.55 Å². The van der Waals surface area contributed by atoms with Gasteiger partial charge in [0.25, 0.3) is 5.88 Å². The average molecular weight is 324 g/mol. The molecule has 1 aliphatic heterocycles. The fourth-order valence-electron chi connectivity index (χ4n) is 2.89. The van der Waals surface area contributed by atoms with E-state index in [0.717, 1.165) is 11.1 Å². The van der Waals surface area contributed by atoms with Crippen LogP contribution in [0.1, 0.15) is 11.6 Å². The minimum atomic E-state index is -0.122. The van der Waals surface area contributed by atoms with Crippen molar-refractivity contribution in [1.82, 2.24) is 24.7 Å². The third kappa shape index (κ3) is 2.15. The van der Waals surface area contributed by atoms with Crippen molar-refractivity contribution in [3.63, 3.8) is 0 Å². The summed E-state index contributed by atoms with van der Waals surface area (Å²) in [6.45, 7) is 0.389. The van der Waals surface area contributed by atoms with E-state index in [2.05, 4.69) is 25.5 Å². The van der Waals surface area contributed by atoms with Gasteiger partial charge in [-0.2, -0.15) is 0 Å². The zero-order valence-corrected chi connectivity index (χ0v) is 13.3. The number of hydrogen-bond acceptors (Lipinski definition) is 7. The van der Waals surface area contributed by atoms with Crippen LogP contribution in [0.25, 0.3) is 11.4 Å². The summed E-state index contributed by atoms with van der Waals surface area (Å²) < 4.78 is 13.4. The van der Waals surface area contributed by atoms with E-state index in [1.54, 1.807) is 19.5 Å². The van der Waals surface area contributed by atoms with Crippen molar-refractivity contribution in [3.05, 3.63) is 42.4 Å². The van der Waals surface area contributed by atoms with Crippen LogP contribution in [0.15, 0.2) is 36.8 Å². The molecule has 4 rings (SSSR count). The average Bonchev–Trinajstić information content (AvgIpc) is 2.99. The molecule has 1 N–H and O–H groups in total. The van der Waals surface area contributed by atoms with E-state index in [9.17, 15) is 0 Å². The Bertz CT molecular complexity index is 864. The summed E-state index contributed by atoms with van der Waals surface area (Å²) >= 11 is 0. The van der Waals surface area contributed by atoms with E-state index >= 15 is 0 Å². The second-order valence-electron chi connectivity index (χ2n) is 5.28. The van der Waals surface area contributed by atoms with Crippen molar-refractivity contribution >= 4 is 5.95 Å². The number of nitrogens with one attached hydrogen (secondary N) is 1.